The molecular formula is C14H27N3O3. The largest absolute Gasteiger partial charge is 0.395 e. The molecule has 0 aromatic rings. The zero-order valence-corrected chi connectivity index (χ0v) is 12.5. The fraction of sp³-hybridized carbons (Fsp3) is 0.857. The van der Waals surface area contributed by atoms with Crippen molar-refractivity contribution in [2.45, 2.75) is 45.6 Å². The van der Waals surface area contributed by atoms with Crippen LogP contribution in [0.2, 0.25) is 0 Å². The Labute approximate surface area is 120 Å². The summed E-state index contributed by atoms with van der Waals surface area (Å²) >= 11 is 0. The molecule has 0 aliphatic heterocycles. The van der Waals surface area contributed by atoms with Crippen molar-refractivity contribution in [3.8, 4) is 0 Å². The molecule has 6 nitrogen and oxygen atoms in total. The fourth-order valence-corrected chi connectivity index (χ4v) is 2.48. The van der Waals surface area contributed by atoms with E-state index in [0.717, 1.165) is 12.8 Å². The molecule has 0 saturated heterocycles. The molecule has 3 N–H and O–H groups in total. The highest BCUT2D eigenvalue weighted by molar-refractivity contribution is 5.95. The van der Waals surface area contributed by atoms with Crippen LogP contribution in [0.3, 0.4) is 0 Å². The number of hydrogen-bond acceptors (Lipinski definition) is 4. The molecular weight excluding hydrogens is 258 g/mol. The van der Waals surface area contributed by atoms with Crippen LogP contribution in [0.4, 0.5) is 4.79 Å². The molecule has 0 aromatic heterocycles. The van der Waals surface area contributed by atoms with Gasteiger partial charge in [-0.05, 0) is 18.8 Å². The fourth-order valence-electron chi connectivity index (χ4n) is 2.48. The summed E-state index contributed by atoms with van der Waals surface area (Å²) in [6.07, 6.45) is 4.46. The Morgan fingerprint density at radius 1 is 1.30 bits per heavy atom. The van der Waals surface area contributed by atoms with Crippen LogP contribution in [0.15, 0.2) is 0 Å². The molecule has 0 bridgehead atoms. The van der Waals surface area contributed by atoms with Gasteiger partial charge >= 0.3 is 6.03 Å². The maximum atomic E-state index is 11.8. The molecule has 0 spiro atoms. The molecule has 3 amide bonds. The lowest BCUT2D eigenvalue weighted by molar-refractivity contribution is -0.121. The summed E-state index contributed by atoms with van der Waals surface area (Å²) in [6, 6.07) is -0.0919. The number of urea groups is 1. The Morgan fingerprint density at radius 2 is 1.95 bits per heavy atom. The summed E-state index contributed by atoms with van der Waals surface area (Å²) in [5.74, 6) is 0.0341. The highest BCUT2D eigenvalue weighted by atomic mass is 16.3. The number of carbonyl (C=O) groups is 2. The smallest absolute Gasteiger partial charge is 0.321 e. The van der Waals surface area contributed by atoms with Crippen molar-refractivity contribution in [2.75, 3.05) is 26.2 Å². The maximum absolute atomic E-state index is 11.8. The van der Waals surface area contributed by atoms with Crippen LogP contribution in [0.5, 0.6) is 0 Å². The van der Waals surface area contributed by atoms with E-state index >= 15 is 0 Å². The van der Waals surface area contributed by atoms with Gasteiger partial charge in [0, 0.05) is 19.1 Å². The SMILES string of the molecule is CC(C)CNC(=O)NC(=O)CN(CCO)C1CCCC1. The van der Waals surface area contributed by atoms with Crippen LogP contribution in [-0.2, 0) is 4.79 Å². The van der Waals surface area contributed by atoms with E-state index in [9.17, 15) is 9.59 Å². The van der Waals surface area contributed by atoms with Crippen LogP contribution in [0.1, 0.15) is 39.5 Å². The average Bonchev–Trinajstić information content (AvgIpc) is 2.89. The summed E-state index contributed by atoms with van der Waals surface area (Å²) in [5.41, 5.74) is 0. The van der Waals surface area contributed by atoms with Crippen molar-refractivity contribution >= 4 is 11.9 Å². The number of carbonyl (C=O) groups excluding carboxylic acids is 2. The van der Waals surface area contributed by atoms with Gasteiger partial charge in [-0.1, -0.05) is 26.7 Å². The van der Waals surface area contributed by atoms with Gasteiger partial charge in [0.15, 0.2) is 0 Å². The monoisotopic (exact) mass is 285 g/mol. The Morgan fingerprint density at radius 3 is 2.50 bits per heavy atom. The van der Waals surface area contributed by atoms with E-state index in [-0.39, 0.29) is 19.1 Å². The molecule has 0 atom stereocenters. The van der Waals surface area contributed by atoms with E-state index in [1.165, 1.54) is 12.8 Å². The molecule has 0 aromatic carbocycles. The lowest BCUT2D eigenvalue weighted by Crippen LogP contribution is -2.47. The highest BCUT2D eigenvalue weighted by Crippen LogP contribution is 2.22. The van der Waals surface area contributed by atoms with Gasteiger partial charge in [0.05, 0.1) is 13.2 Å². The molecule has 6 heteroatoms. The second-order valence-corrected chi connectivity index (χ2v) is 5.78. The van der Waals surface area contributed by atoms with E-state index in [2.05, 4.69) is 10.6 Å². The van der Waals surface area contributed by atoms with Gasteiger partial charge in [-0.25, -0.2) is 4.79 Å². The third-order valence-electron chi connectivity index (χ3n) is 3.50. The minimum atomic E-state index is -0.445. The lowest BCUT2D eigenvalue weighted by atomic mass is 10.2. The predicted octanol–water partition coefficient (Wildman–Crippen LogP) is 0.705. The lowest BCUT2D eigenvalue weighted by Gasteiger charge is -2.27. The summed E-state index contributed by atoms with van der Waals surface area (Å²) < 4.78 is 0. The van der Waals surface area contributed by atoms with Crippen molar-refractivity contribution < 1.29 is 14.7 Å². The van der Waals surface area contributed by atoms with Crippen molar-refractivity contribution in [3.63, 3.8) is 0 Å². The van der Waals surface area contributed by atoms with Crippen LogP contribution in [-0.4, -0.2) is 54.2 Å². The Hall–Kier alpha value is -1.14. The van der Waals surface area contributed by atoms with Gasteiger partial charge in [0.2, 0.25) is 5.91 Å². The van der Waals surface area contributed by atoms with E-state index in [1.54, 1.807) is 0 Å². The van der Waals surface area contributed by atoms with Gasteiger partial charge in [-0.2, -0.15) is 0 Å². The molecule has 1 fully saturated rings. The van der Waals surface area contributed by atoms with E-state index in [0.29, 0.717) is 25.0 Å². The molecule has 116 valence electrons. The van der Waals surface area contributed by atoms with Gasteiger partial charge in [0.25, 0.3) is 0 Å². The Balaban J connectivity index is 2.35. The van der Waals surface area contributed by atoms with Crippen molar-refractivity contribution in [1.29, 1.82) is 0 Å². The van der Waals surface area contributed by atoms with Crippen LogP contribution >= 0.6 is 0 Å². The number of nitrogens with one attached hydrogen (secondary N) is 2. The number of rotatable bonds is 7. The van der Waals surface area contributed by atoms with Gasteiger partial charge in [-0.15, -0.1) is 0 Å². The first-order chi connectivity index (χ1) is 9.52. The third kappa shape index (κ3) is 6.34. The third-order valence-corrected chi connectivity index (χ3v) is 3.50. The molecule has 1 aliphatic carbocycles. The molecule has 0 heterocycles. The second-order valence-electron chi connectivity index (χ2n) is 5.78. The molecule has 0 unspecified atom stereocenters. The first-order valence-corrected chi connectivity index (χ1v) is 7.45. The number of aliphatic hydroxyl groups excluding tert-OH is 1. The van der Waals surface area contributed by atoms with E-state index in [4.69, 9.17) is 5.11 Å². The predicted molar refractivity (Wildman–Crippen MR) is 77.3 cm³/mol. The summed E-state index contributed by atoms with van der Waals surface area (Å²) in [5, 5.41) is 14.1. The van der Waals surface area contributed by atoms with Gasteiger partial charge in [0.1, 0.15) is 0 Å². The number of nitrogens with zero attached hydrogens (tertiary/aromatic N) is 1. The minimum Gasteiger partial charge on any atom is -0.395 e. The van der Waals surface area contributed by atoms with Gasteiger partial charge in [-0.3, -0.25) is 15.0 Å². The molecule has 20 heavy (non-hydrogen) atoms. The summed E-state index contributed by atoms with van der Waals surface area (Å²) in [4.78, 5) is 25.3. The topological polar surface area (TPSA) is 81.7 Å². The minimum absolute atomic E-state index is 0.0311. The van der Waals surface area contributed by atoms with Crippen molar-refractivity contribution in [1.82, 2.24) is 15.5 Å². The molecule has 0 radical (unpaired) electrons. The number of imide groups is 1. The van der Waals surface area contributed by atoms with Crippen LogP contribution in [0.25, 0.3) is 0 Å². The standard InChI is InChI=1S/C14H27N3O3/c1-11(2)9-15-14(20)16-13(19)10-17(7-8-18)12-5-3-4-6-12/h11-12,18H,3-10H2,1-2H3,(H2,15,16,19,20). The maximum Gasteiger partial charge on any atom is 0.321 e. The van der Waals surface area contributed by atoms with E-state index < -0.39 is 6.03 Å². The summed E-state index contributed by atoms with van der Waals surface area (Å²) in [7, 11) is 0. The highest BCUT2D eigenvalue weighted by Gasteiger charge is 2.24. The molecule has 1 rings (SSSR count). The average molecular weight is 285 g/mol. The first kappa shape index (κ1) is 16.9. The zero-order valence-electron chi connectivity index (χ0n) is 12.5. The molecule has 1 saturated carbocycles. The van der Waals surface area contributed by atoms with Crippen LogP contribution in [0, 0.1) is 5.92 Å². The second kappa shape index (κ2) is 8.92. The van der Waals surface area contributed by atoms with Crippen LogP contribution < -0.4 is 10.6 Å². The zero-order chi connectivity index (χ0) is 15.0. The first-order valence-electron chi connectivity index (χ1n) is 7.45. The van der Waals surface area contributed by atoms with Gasteiger partial charge < -0.3 is 10.4 Å². The van der Waals surface area contributed by atoms with E-state index in [1.807, 2.05) is 18.7 Å². The summed E-state index contributed by atoms with van der Waals surface area (Å²) in [6.45, 7) is 5.20. The normalized spacial score (nSPS) is 15.8. The number of amides is 3. The Bertz CT molecular complexity index is 315. The number of hydrogen-bond donors (Lipinski definition) is 3. The quantitative estimate of drug-likeness (QED) is 0.643. The Kier molecular flexibility index (Phi) is 7.54. The van der Waals surface area contributed by atoms with Crippen molar-refractivity contribution in [2.24, 2.45) is 5.92 Å². The molecule has 1 aliphatic rings. The number of aliphatic hydroxyl groups is 1. The van der Waals surface area contributed by atoms with Crippen molar-refractivity contribution in [3.05, 3.63) is 0 Å².